The normalized spacial score (nSPS) is 14.7. The lowest BCUT2D eigenvalue weighted by Gasteiger charge is -2.17. The number of fused-ring (bicyclic) bond motifs is 3. The molecule has 0 aliphatic heterocycles. The van der Waals surface area contributed by atoms with Gasteiger partial charge in [-0.05, 0) is 37.3 Å². The quantitative estimate of drug-likeness (QED) is 0.264. The van der Waals surface area contributed by atoms with E-state index in [0.717, 1.165) is 72.9 Å². The van der Waals surface area contributed by atoms with E-state index >= 15 is 0 Å². The Morgan fingerprint density at radius 1 is 0.600 bits per heavy atom. The Morgan fingerprint density at radius 2 is 0.943 bits per heavy atom. The number of benzene rings is 2. The molecule has 0 heterocycles. The van der Waals surface area contributed by atoms with E-state index in [0.29, 0.717) is 19.6 Å². The van der Waals surface area contributed by atoms with Crippen LogP contribution in [0.25, 0.3) is 11.1 Å². The Balaban J connectivity index is 0.00000306. The van der Waals surface area contributed by atoms with Crippen LogP contribution in [0.3, 0.4) is 0 Å². The van der Waals surface area contributed by atoms with Gasteiger partial charge >= 0.3 is 0 Å². The average Bonchev–Trinajstić information content (AvgIpc) is 2.99. The zero-order valence-electron chi connectivity index (χ0n) is 21.4. The van der Waals surface area contributed by atoms with E-state index in [9.17, 15) is 0 Å². The molecule has 0 aromatic heterocycles. The summed E-state index contributed by atoms with van der Waals surface area (Å²) in [4.78, 5) is 16.2. The van der Waals surface area contributed by atoms with Crippen molar-refractivity contribution in [3.8, 4) is 11.1 Å². The van der Waals surface area contributed by atoms with Gasteiger partial charge in [-0.15, -0.1) is 24.8 Å². The zero-order chi connectivity index (χ0) is 23.5. The van der Waals surface area contributed by atoms with Crippen molar-refractivity contribution in [3.63, 3.8) is 0 Å². The van der Waals surface area contributed by atoms with Crippen LogP contribution in [-0.4, -0.2) is 73.7 Å². The Morgan fingerprint density at radius 3 is 1.29 bits per heavy atom. The second-order valence-electron chi connectivity index (χ2n) is 8.06. The predicted octanol–water partition coefficient (Wildman–Crippen LogP) is 5.73. The van der Waals surface area contributed by atoms with E-state index in [1.165, 1.54) is 0 Å². The molecule has 1 aliphatic carbocycles. The average molecular weight is 524 g/mol. The van der Waals surface area contributed by atoms with Gasteiger partial charge < -0.3 is 19.5 Å². The summed E-state index contributed by atoms with van der Waals surface area (Å²) < 4.78 is 0. The van der Waals surface area contributed by atoms with Crippen LogP contribution in [0, 0.1) is 0 Å². The third-order valence-electron chi connectivity index (χ3n) is 6.24. The van der Waals surface area contributed by atoms with Crippen LogP contribution in [-0.2, 0) is 9.68 Å². The zero-order valence-corrected chi connectivity index (χ0v) is 23.0. The summed E-state index contributed by atoms with van der Waals surface area (Å²) >= 11 is 0. The number of halogens is 2. The fourth-order valence-corrected chi connectivity index (χ4v) is 4.12. The smallest absolute Gasteiger partial charge is 0.129 e. The van der Waals surface area contributed by atoms with Crippen LogP contribution in [0.4, 0.5) is 0 Å². The molecule has 0 N–H and O–H groups in total. The number of rotatable bonds is 12. The summed E-state index contributed by atoms with van der Waals surface area (Å²) in [6, 6.07) is 16.7. The van der Waals surface area contributed by atoms with Gasteiger partial charge in [0, 0.05) is 30.6 Å². The maximum absolute atomic E-state index is 5.80. The number of hydrogen-bond donors (Lipinski definition) is 0. The lowest BCUT2D eigenvalue weighted by Crippen LogP contribution is -2.26. The SMILES string of the molecule is CCN(CC)CCO/N=C1/C/C(=N\OCCN(CC)CC)c2ccccc2-c2ccccc21.Cl.Cl. The van der Waals surface area contributed by atoms with Crippen LogP contribution >= 0.6 is 24.8 Å². The van der Waals surface area contributed by atoms with Crippen LogP contribution in [0.5, 0.6) is 0 Å². The largest absolute Gasteiger partial charge is 0.394 e. The third kappa shape index (κ3) is 8.50. The molecular formula is C27H40Cl2N4O2. The fourth-order valence-electron chi connectivity index (χ4n) is 4.12. The van der Waals surface area contributed by atoms with Crippen molar-refractivity contribution < 1.29 is 9.68 Å². The maximum atomic E-state index is 5.80. The molecule has 0 fully saturated rings. The van der Waals surface area contributed by atoms with Crippen LogP contribution < -0.4 is 0 Å². The van der Waals surface area contributed by atoms with Gasteiger partial charge in [0.1, 0.15) is 13.2 Å². The molecule has 0 bridgehead atoms. The van der Waals surface area contributed by atoms with Crippen molar-refractivity contribution in [1.82, 2.24) is 9.80 Å². The second kappa shape index (κ2) is 16.5. The van der Waals surface area contributed by atoms with Gasteiger partial charge in [-0.25, -0.2) is 0 Å². The molecule has 0 saturated carbocycles. The van der Waals surface area contributed by atoms with Crippen molar-refractivity contribution in [3.05, 3.63) is 59.7 Å². The predicted molar refractivity (Wildman–Crippen MR) is 152 cm³/mol. The van der Waals surface area contributed by atoms with E-state index in [1.807, 2.05) is 0 Å². The Labute approximate surface area is 223 Å². The van der Waals surface area contributed by atoms with Gasteiger partial charge in [0.2, 0.25) is 0 Å². The minimum Gasteiger partial charge on any atom is -0.394 e. The minimum atomic E-state index is 0. The lowest BCUT2D eigenvalue weighted by molar-refractivity contribution is 0.113. The highest BCUT2D eigenvalue weighted by Gasteiger charge is 2.23. The monoisotopic (exact) mass is 522 g/mol. The highest BCUT2D eigenvalue weighted by atomic mass is 35.5. The summed E-state index contributed by atoms with van der Waals surface area (Å²) in [6.45, 7) is 15.5. The van der Waals surface area contributed by atoms with Crippen molar-refractivity contribution in [2.24, 2.45) is 10.3 Å². The summed E-state index contributed by atoms with van der Waals surface area (Å²) in [5.74, 6) is 0. The molecule has 3 rings (SSSR count). The molecule has 6 nitrogen and oxygen atoms in total. The molecule has 0 amide bonds. The lowest BCUT2D eigenvalue weighted by atomic mass is 9.96. The number of hydrogen-bond acceptors (Lipinski definition) is 6. The van der Waals surface area contributed by atoms with E-state index in [-0.39, 0.29) is 24.8 Å². The molecule has 35 heavy (non-hydrogen) atoms. The van der Waals surface area contributed by atoms with Gasteiger partial charge in [0.05, 0.1) is 11.4 Å². The Kier molecular flexibility index (Phi) is 14.6. The summed E-state index contributed by atoms with van der Waals surface area (Å²) in [5.41, 5.74) is 6.22. The topological polar surface area (TPSA) is 49.7 Å². The molecule has 2 aromatic rings. The molecule has 8 heteroatoms. The third-order valence-corrected chi connectivity index (χ3v) is 6.24. The Hall–Kier alpha value is -2.12. The maximum Gasteiger partial charge on any atom is 0.129 e. The van der Waals surface area contributed by atoms with Crippen molar-refractivity contribution in [1.29, 1.82) is 0 Å². The number of nitrogens with zero attached hydrogens (tertiary/aromatic N) is 4. The molecular weight excluding hydrogens is 483 g/mol. The first-order valence-corrected chi connectivity index (χ1v) is 12.2. The van der Waals surface area contributed by atoms with E-state index in [4.69, 9.17) is 9.68 Å². The van der Waals surface area contributed by atoms with Gasteiger partial charge in [-0.3, -0.25) is 0 Å². The van der Waals surface area contributed by atoms with Gasteiger partial charge in [-0.1, -0.05) is 86.5 Å². The number of oxime groups is 2. The van der Waals surface area contributed by atoms with Crippen molar-refractivity contribution >= 4 is 36.2 Å². The first-order valence-electron chi connectivity index (χ1n) is 12.2. The molecule has 0 saturated heterocycles. The fraction of sp³-hybridized carbons (Fsp3) is 0.481. The summed E-state index contributed by atoms with van der Waals surface area (Å²) in [5, 5.41) is 9.17. The molecule has 0 atom stereocenters. The molecule has 194 valence electrons. The van der Waals surface area contributed by atoms with Gasteiger partial charge in [0.25, 0.3) is 0 Å². The first-order chi connectivity index (χ1) is 16.2. The molecule has 0 unspecified atom stereocenters. The molecule has 1 aliphatic rings. The van der Waals surface area contributed by atoms with Gasteiger partial charge in [-0.2, -0.15) is 0 Å². The van der Waals surface area contributed by atoms with E-state index in [1.54, 1.807) is 0 Å². The van der Waals surface area contributed by atoms with Crippen molar-refractivity contribution in [2.45, 2.75) is 34.1 Å². The molecule has 0 radical (unpaired) electrons. The first kappa shape index (κ1) is 30.9. The minimum absolute atomic E-state index is 0. The van der Waals surface area contributed by atoms with Crippen LogP contribution in [0.1, 0.15) is 45.2 Å². The number of likely N-dealkylation sites (N-methyl/N-ethyl adjacent to an activating group) is 2. The highest BCUT2D eigenvalue weighted by Crippen LogP contribution is 2.33. The summed E-state index contributed by atoms with van der Waals surface area (Å²) in [7, 11) is 0. The van der Waals surface area contributed by atoms with E-state index < -0.39 is 0 Å². The summed E-state index contributed by atoms with van der Waals surface area (Å²) in [6.07, 6.45) is 0.560. The van der Waals surface area contributed by atoms with Crippen LogP contribution in [0.15, 0.2) is 58.8 Å². The van der Waals surface area contributed by atoms with Crippen LogP contribution in [0.2, 0.25) is 0 Å². The van der Waals surface area contributed by atoms with Crippen molar-refractivity contribution in [2.75, 3.05) is 52.5 Å². The second-order valence-corrected chi connectivity index (χ2v) is 8.06. The molecule has 0 spiro atoms. The van der Waals surface area contributed by atoms with Gasteiger partial charge in [0.15, 0.2) is 0 Å². The Bertz CT molecular complexity index is 869. The highest BCUT2D eigenvalue weighted by molar-refractivity contribution is 6.24. The molecule has 2 aromatic carbocycles. The van der Waals surface area contributed by atoms with E-state index in [2.05, 4.69) is 96.3 Å². The standard InChI is InChI=1S/C27H38N4O2.2ClH/c1-5-30(6-2)17-19-32-28-26-21-27(29-33-20-18-31(7-3)8-4)25-16-12-10-14-23(25)22-13-9-11-15-24(22)26;;/h9-16H,5-8,17-21H2,1-4H3;2*1H/b28-26-,29-27+;;.